The number of benzene rings is 1. The van der Waals surface area contributed by atoms with Gasteiger partial charge in [-0.25, -0.2) is 0 Å². The molecular formula is C19H20N4O2S. The predicted molar refractivity (Wildman–Crippen MR) is 102 cm³/mol. The Hall–Kier alpha value is -2.67. The van der Waals surface area contributed by atoms with Crippen molar-refractivity contribution in [1.29, 1.82) is 0 Å². The van der Waals surface area contributed by atoms with Crippen molar-refractivity contribution in [3.63, 3.8) is 0 Å². The summed E-state index contributed by atoms with van der Waals surface area (Å²) in [5.74, 6) is 2.16. The molecule has 0 atom stereocenters. The first-order chi connectivity index (χ1) is 12.7. The summed E-state index contributed by atoms with van der Waals surface area (Å²) in [5.41, 5.74) is 1.60. The molecule has 0 fully saturated rings. The average Bonchev–Trinajstić information content (AvgIpc) is 3.09. The van der Waals surface area contributed by atoms with Gasteiger partial charge >= 0.3 is 0 Å². The summed E-state index contributed by atoms with van der Waals surface area (Å²) in [6, 6.07) is 11.1. The topological polar surface area (TPSA) is 69.9 Å². The maximum Gasteiger partial charge on any atom is 0.191 e. The molecule has 26 heavy (non-hydrogen) atoms. The van der Waals surface area contributed by atoms with E-state index in [2.05, 4.69) is 26.7 Å². The third-order valence-corrected chi connectivity index (χ3v) is 4.74. The quantitative estimate of drug-likeness (QED) is 0.343. The number of Topliss-reactive ketones (excluding diaryl/α,β-unsaturated/α-hetero) is 1. The molecule has 1 aromatic carbocycles. The third kappa shape index (κ3) is 4.11. The van der Waals surface area contributed by atoms with Gasteiger partial charge in [0.05, 0.1) is 12.2 Å². The molecule has 3 rings (SSSR count). The second-order valence-electron chi connectivity index (χ2n) is 5.54. The van der Waals surface area contributed by atoms with Gasteiger partial charge in [0, 0.05) is 30.3 Å². The van der Waals surface area contributed by atoms with Crippen LogP contribution in [0.2, 0.25) is 0 Å². The van der Waals surface area contributed by atoms with Crippen LogP contribution in [-0.2, 0) is 6.54 Å². The number of hydrogen-bond donors (Lipinski definition) is 0. The molecule has 7 heteroatoms. The van der Waals surface area contributed by atoms with Gasteiger partial charge in [0.25, 0.3) is 0 Å². The van der Waals surface area contributed by atoms with E-state index < -0.39 is 0 Å². The monoisotopic (exact) mass is 368 g/mol. The van der Waals surface area contributed by atoms with E-state index in [9.17, 15) is 4.79 Å². The minimum atomic E-state index is 0.000900. The molecule has 6 nitrogen and oxygen atoms in total. The molecular weight excluding hydrogens is 348 g/mol. The Kier molecular flexibility index (Phi) is 6.01. The number of hydrogen-bond acceptors (Lipinski definition) is 6. The average molecular weight is 368 g/mol. The highest BCUT2D eigenvalue weighted by atomic mass is 32.2. The van der Waals surface area contributed by atoms with Gasteiger partial charge in [0.2, 0.25) is 0 Å². The van der Waals surface area contributed by atoms with Crippen molar-refractivity contribution >= 4 is 17.5 Å². The Balaban J connectivity index is 1.63. The summed E-state index contributed by atoms with van der Waals surface area (Å²) in [4.78, 5) is 15.7. The van der Waals surface area contributed by atoms with Crippen molar-refractivity contribution in [2.24, 2.45) is 0 Å². The van der Waals surface area contributed by atoms with Crippen molar-refractivity contribution in [2.45, 2.75) is 25.5 Å². The molecule has 0 aliphatic carbocycles. The number of ether oxygens (including phenoxy) is 1. The lowest BCUT2D eigenvalue weighted by Gasteiger charge is -2.10. The first kappa shape index (κ1) is 18.1. The molecule has 0 saturated carbocycles. The number of carbonyl (C=O) groups is 1. The van der Waals surface area contributed by atoms with E-state index in [-0.39, 0.29) is 5.78 Å². The van der Waals surface area contributed by atoms with Gasteiger partial charge in [-0.1, -0.05) is 23.9 Å². The summed E-state index contributed by atoms with van der Waals surface area (Å²) in [7, 11) is 0. The normalized spacial score (nSPS) is 10.7. The largest absolute Gasteiger partial charge is 0.492 e. The zero-order chi connectivity index (χ0) is 18.4. The second kappa shape index (κ2) is 8.62. The number of rotatable bonds is 8. The molecule has 0 spiro atoms. The summed E-state index contributed by atoms with van der Waals surface area (Å²) < 4.78 is 7.85. The van der Waals surface area contributed by atoms with Crippen LogP contribution in [-0.4, -0.2) is 37.9 Å². The summed E-state index contributed by atoms with van der Waals surface area (Å²) >= 11 is 1.58. The van der Waals surface area contributed by atoms with Gasteiger partial charge in [0.1, 0.15) is 5.75 Å². The van der Waals surface area contributed by atoms with Crippen LogP contribution in [0.3, 0.4) is 0 Å². The number of para-hydroxylation sites is 1. The van der Waals surface area contributed by atoms with Crippen LogP contribution in [0.25, 0.3) is 11.4 Å². The highest BCUT2D eigenvalue weighted by Gasteiger charge is 2.13. The Morgan fingerprint density at radius 3 is 2.65 bits per heavy atom. The Morgan fingerprint density at radius 2 is 1.92 bits per heavy atom. The molecule has 0 bridgehead atoms. The van der Waals surface area contributed by atoms with Gasteiger partial charge in [-0.05, 0) is 38.1 Å². The molecule has 0 unspecified atom stereocenters. The van der Waals surface area contributed by atoms with E-state index in [1.165, 1.54) is 0 Å². The van der Waals surface area contributed by atoms with E-state index >= 15 is 0 Å². The minimum absolute atomic E-state index is 0.000900. The third-order valence-electron chi connectivity index (χ3n) is 3.81. The Labute approximate surface area is 156 Å². The fourth-order valence-electron chi connectivity index (χ4n) is 2.56. The van der Waals surface area contributed by atoms with E-state index in [4.69, 9.17) is 4.74 Å². The molecule has 2 heterocycles. The van der Waals surface area contributed by atoms with Crippen LogP contribution in [0.15, 0.2) is 53.9 Å². The molecule has 2 aromatic heterocycles. The lowest BCUT2D eigenvalue weighted by molar-refractivity contribution is 0.101. The molecule has 0 saturated heterocycles. The number of pyridine rings is 1. The van der Waals surface area contributed by atoms with Gasteiger partial charge in [0.15, 0.2) is 16.8 Å². The molecule has 0 aliphatic heterocycles. The van der Waals surface area contributed by atoms with E-state index in [1.807, 2.05) is 30.3 Å². The number of ketones is 1. The van der Waals surface area contributed by atoms with Crippen molar-refractivity contribution < 1.29 is 9.53 Å². The van der Waals surface area contributed by atoms with Crippen molar-refractivity contribution in [1.82, 2.24) is 19.7 Å². The Morgan fingerprint density at radius 1 is 1.15 bits per heavy atom. The fraction of sp³-hybridized carbons (Fsp3) is 0.263. The lowest BCUT2D eigenvalue weighted by Crippen LogP contribution is -2.06. The fourth-order valence-corrected chi connectivity index (χ4v) is 3.38. The standard InChI is InChI=1S/C19H20N4O2S/c1-3-23-18(15-8-10-20-11-9-15)21-22-19(23)26-13-12-25-17-7-5-4-6-16(17)14(2)24/h4-11H,3,12-13H2,1-2H3. The minimum Gasteiger partial charge on any atom is -0.492 e. The van der Waals surface area contributed by atoms with Crippen LogP contribution < -0.4 is 4.74 Å². The van der Waals surface area contributed by atoms with Crippen LogP contribution in [0.4, 0.5) is 0 Å². The first-order valence-electron chi connectivity index (χ1n) is 8.40. The number of aromatic nitrogens is 4. The highest BCUT2D eigenvalue weighted by molar-refractivity contribution is 7.99. The SMILES string of the molecule is CCn1c(SCCOc2ccccc2C(C)=O)nnc1-c1ccncc1. The molecule has 3 aromatic rings. The van der Waals surface area contributed by atoms with Gasteiger partial charge < -0.3 is 9.30 Å². The molecule has 0 N–H and O–H groups in total. The van der Waals surface area contributed by atoms with Gasteiger partial charge in [-0.15, -0.1) is 10.2 Å². The molecule has 0 radical (unpaired) electrons. The van der Waals surface area contributed by atoms with Gasteiger partial charge in [-0.2, -0.15) is 0 Å². The highest BCUT2D eigenvalue weighted by Crippen LogP contribution is 2.24. The van der Waals surface area contributed by atoms with E-state index in [0.717, 1.165) is 23.1 Å². The smallest absolute Gasteiger partial charge is 0.191 e. The summed E-state index contributed by atoms with van der Waals surface area (Å²) in [6.07, 6.45) is 3.49. The first-order valence-corrected chi connectivity index (χ1v) is 9.38. The molecule has 134 valence electrons. The zero-order valence-electron chi connectivity index (χ0n) is 14.8. The number of thioether (sulfide) groups is 1. The second-order valence-corrected chi connectivity index (χ2v) is 6.60. The Bertz CT molecular complexity index is 880. The van der Waals surface area contributed by atoms with Crippen molar-refractivity contribution in [3.05, 3.63) is 54.4 Å². The van der Waals surface area contributed by atoms with Crippen molar-refractivity contribution in [2.75, 3.05) is 12.4 Å². The molecule has 0 amide bonds. The van der Waals surface area contributed by atoms with E-state index in [0.29, 0.717) is 23.7 Å². The summed E-state index contributed by atoms with van der Waals surface area (Å²) in [5, 5.41) is 9.46. The van der Waals surface area contributed by atoms with Gasteiger partial charge in [-0.3, -0.25) is 9.78 Å². The maximum absolute atomic E-state index is 11.6. The maximum atomic E-state index is 11.6. The predicted octanol–water partition coefficient (Wildman–Crippen LogP) is 3.73. The number of nitrogens with zero attached hydrogens (tertiary/aromatic N) is 4. The van der Waals surface area contributed by atoms with Crippen molar-refractivity contribution in [3.8, 4) is 17.1 Å². The van der Waals surface area contributed by atoms with E-state index in [1.54, 1.807) is 37.1 Å². The number of carbonyl (C=O) groups excluding carboxylic acids is 1. The van der Waals surface area contributed by atoms with Crippen LogP contribution in [0.1, 0.15) is 24.2 Å². The molecule has 0 aliphatic rings. The zero-order valence-corrected chi connectivity index (χ0v) is 15.6. The van der Waals surface area contributed by atoms with Crippen LogP contribution in [0, 0.1) is 0 Å². The lowest BCUT2D eigenvalue weighted by atomic mass is 10.1. The summed E-state index contributed by atoms with van der Waals surface area (Å²) in [6.45, 7) is 4.87. The van der Waals surface area contributed by atoms with Crippen LogP contribution in [0.5, 0.6) is 5.75 Å². The van der Waals surface area contributed by atoms with Crippen LogP contribution >= 0.6 is 11.8 Å².